The molecule has 3 rings (SSSR count). The lowest BCUT2D eigenvalue weighted by Crippen LogP contribution is -2.22. The minimum absolute atomic E-state index is 0.248. The molecule has 0 aliphatic carbocycles. The van der Waals surface area contributed by atoms with Crippen LogP contribution in [0.2, 0.25) is 0 Å². The minimum Gasteiger partial charge on any atom is -0.493 e. The van der Waals surface area contributed by atoms with Gasteiger partial charge in [0.25, 0.3) is 0 Å². The number of ether oxygens (including phenoxy) is 1. The molecule has 1 aromatic carbocycles. The van der Waals surface area contributed by atoms with E-state index in [2.05, 4.69) is 35.4 Å². The Labute approximate surface area is 117 Å². The Bertz CT molecular complexity index is 539. The Hall–Kier alpha value is -1.39. The van der Waals surface area contributed by atoms with Crippen molar-refractivity contribution in [3.8, 4) is 5.75 Å². The number of hydrogen-bond donors (Lipinski definition) is 1. The van der Waals surface area contributed by atoms with Crippen LogP contribution in [-0.2, 0) is 6.42 Å². The molecule has 1 unspecified atom stereocenters. The van der Waals surface area contributed by atoms with Gasteiger partial charge in [-0.3, -0.25) is 4.98 Å². The molecule has 0 amide bonds. The molecule has 0 radical (unpaired) electrons. The smallest absolute Gasteiger partial charge is 0.122 e. The fourth-order valence-electron chi connectivity index (χ4n) is 2.43. The van der Waals surface area contributed by atoms with Gasteiger partial charge in [-0.05, 0) is 30.2 Å². The van der Waals surface area contributed by atoms with E-state index < -0.39 is 0 Å². The molecule has 4 heteroatoms. The fourth-order valence-corrected chi connectivity index (χ4v) is 3.15. The van der Waals surface area contributed by atoms with E-state index in [-0.39, 0.29) is 6.04 Å². The van der Waals surface area contributed by atoms with Crippen LogP contribution >= 0.6 is 11.3 Å². The van der Waals surface area contributed by atoms with Gasteiger partial charge in [0, 0.05) is 17.5 Å². The average molecular weight is 274 g/mol. The molecule has 100 valence electrons. The monoisotopic (exact) mass is 274 g/mol. The second-order valence-corrected chi connectivity index (χ2v) is 5.67. The SMILES string of the molecule is CCCNC(c1ccc2c(c1)CCO2)c1cncs1. The van der Waals surface area contributed by atoms with Crippen LogP contribution in [0.25, 0.3) is 0 Å². The standard InChI is InChI=1S/C15H18N2OS/c1-2-6-17-15(14-9-16-10-19-14)12-3-4-13-11(8-12)5-7-18-13/h3-4,8-10,15,17H,2,5-7H2,1H3. The molecular formula is C15H18N2OS. The molecule has 1 N–H and O–H groups in total. The number of hydrogen-bond acceptors (Lipinski definition) is 4. The lowest BCUT2D eigenvalue weighted by atomic mass is 10.0. The number of benzene rings is 1. The van der Waals surface area contributed by atoms with Crippen LogP contribution < -0.4 is 10.1 Å². The van der Waals surface area contributed by atoms with Gasteiger partial charge >= 0.3 is 0 Å². The zero-order valence-corrected chi connectivity index (χ0v) is 11.9. The molecule has 1 aliphatic rings. The maximum atomic E-state index is 5.57. The number of aromatic nitrogens is 1. The zero-order chi connectivity index (χ0) is 13.1. The van der Waals surface area contributed by atoms with Crippen LogP contribution in [0.15, 0.2) is 29.9 Å². The van der Waals surface area contributed by atoms with Crippen LogP contribution in [0.1, 0.15) is 35.4 Å². The molecule has 0 saturated carbocycles. The van der Waals surface area contributed by atoms with E-state index in [0.717, 1.165) is 31.7 Å². The summed E-state index contributed by atoms with van der Waals surface area (Å²) in [5.74, 6) is 1.04. The largest absolute Gasteiger partial charge is 0.493 e. The first-order chi connectivity index (χ1) is 9.38. The van der Waals surface area contributed by atoms with Gasteiger partial charge in [-0.2, -0.15) is 0 Å². The molecule has 0 spiro atoms. The second kappa shape index (κ2) is 5.72. The summed E-state index contributed by atoms with van der Waals surface area (Å²) in [6.07, 6.45) is 4.11. The van der Waals surface area contributed by atoms with Crippen molar-refractivity contribution < 1.29 is 4.74 Å². The third kappa shape index (κ3) is 2.65. The van der Waals surface area contributed by atoms with Gasteiger partial charge in [0.05, 0.1) is 18.2 Å². The van der Waals surface area contributed by atoms with E-state index in [1.54, 1.807) is 11.3 Å². The van der Waals surface area contributed by atoms with E-state index in [1.165, 1.54) is 16.0 Å². The fraction of sp³-hybridized carbons (Fsp3) is 0.400. The van der Waals surface area contributed by atoms with E-state index >= 15 is 0 Å². The van der Waals surface area contributed by atoms with Crippen LogP contribution in [0.5, 0.6) is 5.75 Å². The van der Waals surface area contributed by atoms with Gasteiger partial charge in [0.15, 0.2) is 0 Å². The van der Waals surface area contributed by atoms with Crippen LogP contribution in [-0.4, -0.2) is 18.1 Å². The van der Waals surface area contributed by atoms with Crippen molar-refractivity contribution in [2.75, 3.05) is 13.2 Å². The highest BCUT2D eigenvalue weighted by molar-refractivity contribution is 7.09. The van der Waals surface area contributed by atoms with E-state index in [4.69, 9.17) is 4.74 Å². The Morgan fingerprint density at radius 3 is 3.21 bits per heavy atom. The van der Waals surface area contributed by atoms with Crippen molar-refractivity contribution in [1.82, 2.24) is 10.3 Å². The molecular weight excluding hydrogens is 256 g/mol. The lowest BCUT2D eigenvalue weighted by Gasteiger charge is -2.18. The highest BCUT2D eigenvalue weighted by Gasteiger charge is 2.18. The summed E-state index contributed by atoms with van der Waals surface area (Å²) < 4.78 is 5.57. The summed E-state index contributed by atoms with van der Waals surface area (Å²) in [5.41, 5.74) is 4.53. The predicted molar refractivity (Wildman–Crippen MR) is 77.9 cm³/mol. The van der Waals surface area contributed by atoms with Crippen molar-refractivity contribution in [3.05, 3.63) is 45.9 Å². The highest BCUT2D eigenvalue weighted by Crippen LogP contribution is 2.31. The zero-order valence-electron chi connectivity index (χ0n) is 11.1. The van der Waals surface area contributed by atoms with Crippen LogP contribution in [0.3, 0.4) is 0 Å². The van der Waals surface area contributed by atoms with E-state index in [1.807, 2.05) is 11.7 Å². The third-order valence-electron chi connectivity index (χ3n) is 3.38. The Morgan fingerprint density at radius 2 is 2.42 bits per heavy atom. The van der Waals surface area contributed by atoms with Crippen molar-refractivity contribution in [1.29, 1.82) is 0 Å². The number of thiazole rings is 1. The van der Waals surface area contributed by atoms with Crippen LogP contribution in [0, 0.1) is 0 Å². The molecule has 0 bridgehead atoms. The molecule has 1 aromatic heterocycles. The summed E-state index contributed by atoms with van der Waals surface area (Å²) in [7, 11) is 0. The van der Waals surface area contributed by atoms with Gasteiger partial charge < -0.3 is 10.1 Å². The maximum absolute atomic E-state index is 5.57. The number of nitrogens with zero attached hydrogens (tertiary/aromatic N) is 1. The Balaban J connectivity index is 1.90. The summed E-state index contributed by atoms with van der Waals surface area (Å²) >= 11 is 1.70. The molecule has 0 fully saturated rings. The third-order valence-corrected chi connectivity index (χ3v) is 4.22. The molecule has 1 aliphatic heterocycles. The predicted octanol–water partition coefficient (Wildman–Crippen LogP) is 3.17. The van der Waals surface area contributed by atoms with Crippen molar-refractivity contribution in [3.63, 3.8) is 0 Å². The molecule has 19 heavy (non-hydrogen) atoms. The van der Waals surface area contributed by atoms with Crippen molar-refractivity contribution in [2.45, 2.75) is 25.8 Å². The molecule has 2 heterocycles. The van der Waals surface area contributed by atoms with E-state index in [9.17, 15) is 0 Å². The average Bonchev–Trinajstić information content (AvgIpc) is 3.09. The van der Waals surface area contributed by atoms with Crippen molar-refractivity contribution >= 4 is 11.3 Å². The topological polar surface area (TPSA) is 34.1 Å². The second-order valence-electron chi connectivity index (χ2n) is 4.76. The number of rotatable bonds is 5. The number of nitrogens with one attached hydrogen (secondary N) is 1. The summed E-state index contributed by atoms with van der Waals surface area (Å²) in [6.45, 7) is 4.01. The van der Waals surface area contributed by atoms with Gasteiger partial charge in [-0.25, -0.2) is 0 Å². The molecule has 1 atom stereocenters. The molecule has 2 aromatic rings. The molecule has 3 nitrogen and oxygen atoms in total. The van der Waals surface area contributed by atoms with Gasteiger partial charge in [0.1, 0.15) is 5.75 Å². The summed E-state index contributed by atoms with van der Waals surface area (Å²) in [6, 6.07) is 6.78. The molecule has 0 saturated heterocycles. The lowest BCUT2D eigenvalue weighted by molar-refractivity contribution is 0.357. The Kier molecular flexibility index (Phi) is 3.80. The first-order valence-corrected chi connectivity index (χ1v) is 7.64. The van der Waals surface area contributed by atoms with Gasteiger partial charge in [-0.1, -0.05) is 19.1 Å². The van der Waals surface area contributed by atoms with E-state index in [0.29, 0.717) is 0 Å². The summed E-state index contributed by atoms with van der Waals surface area (Å²) in [5, 5.41) is 3.61. The van der Waals surface area contributed by atoms with Gasteiger partial charge in [0.2, 0.25) is 0 Å². The minimum atomic E-state index is 0.248. The maximum Gasteiger partial charge on any atom is 0.122 e. The first-order valence-electron chi connectivity index (χ1n) is 6.76. The van der Waals surface area contributed by atoms with Crippen molar-refractivity contribution in [2.24, 2.45) is 0 Å². The van der Waals surface area contributed by atoms with Crippen LogP contribution in [0.4, 0.5) is 0 Å². The normalized spacial score (nSPS) is 15.0. The number of fused-ring (bicyclic) bond motifs is 1. The Morgan fingerprint density at radius 1 is 1.47 bits per heavy atom. The quantitative estimate of drug-likeness (QED) is 0.909. The first kappa shape index (κ1) is 12.6. The highest BCUT2D eigenvalue weighted by atomic mass is 32.1. The van der Waals surface area contributed by atoms with Gasteiger partial charge in [-0.15, -0.1) is 11.3 Å². The summed E-state index contributed by atoms with van der Waals surface area (Å²) in [4.78, 5) is 5.47.